The lowest BCUT2D eigenvalue weighted by atomic mass is 10.2. The molecule has 1 amide bonds. The van der Waals surface area contributed by atoms with Crippen molar-refractivity contribution >= 4 is 28.5 Å². The number of anilines is 1. The fraction of sp³-hybridized carbons (Fsp3) is 0.111. The number of halogens is 3. The third-order valence-electron chi connectivity index (χ3n) is 3.43. The predicted octanol–water partition coefficient (Wildman–Crippen LogP) is 4.25. The molecule has 0 saturated carbocycles. The molecule has 1 aromatic heterocycles. The summed E-state index contributed by atoms with van der Waals surface area (Å²) in [6.45, 7) is -0.661. The molecule has 1 heterocycles. The molecule has 2 aromatic carbocycles. The lowest BCUT2D eigenvalue weighted by Gasteiger charge is -2.09. The fourth-order valence-corrected chi connectivity index (χ4v) is 2.26. The van der Waals surface area contributed by atoms with Crippen LogP contribution in [0.1, 0.15) is 16.1 Å². The van der Waals surface area contributed by atoms with Gasteiger partial charge in [0.15, 0.2) is 6.61 Å². The van der Waals surface area contributed by atoms with Gasteiger partial charge >= 0.3 is 12.1 Å². The van der Waals surface area contributed by atoms with E-state index in [1.54, 1.807) is 24.3 Å². The Morgan fingerprint density at radius 3 is 2.54 bits per heavy atom. The summed E-state index contributed by atoms with van der Waals surface area (Å²) in [6.07, 6.45) is -4.52. The molecule has 0 aliphatic heterocycles. The van der Waals surface area contributed by atoms with E-state index in [0.717, 1.165) is 12.1 Å². The van der Waals surface area contributed by atoms with Gasteiger partial charge in [0, 0.05) is 11.1 Å². The van der Waals surface area contributed by atoms with Crippen LogP contribution in [0.3, 0.4) is 0 Å². The Labute approximate surface area is 145 Å². The quantitative estimate of drug-likeness (QED) is 0.704. The Morgan fingerprint density at radius 2 is 1.81 bits per heavy atom. The Hall–Kier alpha value is -3.29. The summed E-state index contributed by atoms with van der Waals surface area (Å²) in [5.41, 5.74) is -0.452. The summed E-state index contributed by atoms with van der Waals surface area (Å²) in [4.78, 5) is 23.7. The van der Waals surface area contributed by atoms with Crippen LogP contribution < -0.4 is 5.32 Å². The first-order valence-corrected chi connectivity index (χ1v) is 7.46. The van der Waals surface area contributed by atoms with Crippen LogP contribution in [0.4, 0.5) is 18.9 Å². The van der Waals surface area contributed by atoms with E-state index in [9.17, 15) is 22.8 Å². The molecule has 0 bridgehead atoms. The maximum absolute atomic E-state index is 12.6. The molecule has 3 aromatic rings. The van der Waals surface area contributed by atoms with Gasteiger partial charge < -0.3 is 14.5 Å². The third kappa shape index (κ3) is 4.02. The first-order chi connectivity index (χ1) is 12.3. The Bertz CT molecular complexity index is 929. The molecule has 0 spiro atoms. The molecule has 26 heavy (non-hydrogen) atoms. The molecule has 0 aliphatic carbocycles. The number of amides is 1. The standard InChI is InChI=1S/C18H12F3NO4/c19-18(20,21)12-5-3-6-13(9-12)22-16(23)10-25-17(24)15-8-11-4-1-2-7-14(11)26-15/h1-9H,10H2,(H,22,23). The lowest BCUT2D eigenvalue weighted by molar-refractivity contribution is -0.137. The summed E-state index contributed by atoms with van der Waals surface area (Å²) >= 11 is 0. The first kappa shape index (κ1) is 17.5. The zero-order chi connectivity index (χ0) is 18.7. The van der Waals surface area contributed by atoms with E-state index >= 15 is 0 Å². The van der Waals surface area contributed by atoms with Crippen molar-refractivity contribution in [1.29, 1.82) is 0 Å². The number of hydrogen-bond donors (Lipinski definition) is 1. The van der Waals surface area contributed by atoms with Crippen molar-refractivity contribution in [3.63, 3.8) is 0 Å². The molecule has 1 N–H and O–H groups in total. The molecule has 0 aliphatic rings. The Balaban J connectivity index is 1.59. The van der Waals surface area contributed by atoms with E-state index in [-0.39, 0.29) is 11.4 Å². The topological polar surface area (TPSA) is 68.5 Å². The van der Waals surface area contributed by atoms with E-state index in [1.807, 2.05) is 0 Å². The number of para-hydroxylation sites is 1. The molecular weight excluding hydrogens is 351 g/mol. The molecule has 0 radical (unpaired) electrons. The van der Waals surface area contributed by atoms with Crippen molar-refractivity contribution in [3.8, 4) is 0 Å². The number of carbonyl (C=O) groups excluding carboxylic acids is 2. The number of hydrogen-bond acceptors (Lipinski definition) is 4. The Kier molecular flexibility index (Phi) is 4.66. The smallest absolute Gasteiger partial charge is 0.416 e. The van der Waals surface area contributed by atoms with Gasteiger partial charge in [-0.15, -0.1) is 0 Å². The first-order valence-electron chi connectivity index (χ1n) is 7.46. The number of esters is 1. The highest BCUT2D eigenvalue weighted by molar-refractivity contribution is 5.96. The van der Waals surface area contributed by atoms with Gasteiger partial charge in [0.25, 0.3) is 5.91 Å². The molecule has 134 valence electrons. The van der Waals surface area contributed by atoms with Crippen LogP contribution in [0.5, 0.6) is 0 Å². The zero-order valence-corrected chi connectivity index (χ0v) is 13.2. The molecule has 0 unspecified atom stereocenters. The van der Waals surface area contributed by atoms with Gasteiger partial charge in [0.05, 0.1) is 5.56 Å². The number of nitrogens with one attached hydrogen (secondary N) is 1. The minimum Gasteiger partial charge on any atom is -0.450 e. The van der Waals surface area contributed by atoms with Gasteiger partial charge in [-0.1, -0.05) is 24.3 Å². The normalized spacial score (nSPS) is 11.3. The average molecular weight is 363 g/mol. The molecule has 5 nitrogen and oxygen atoms in total. The van der Waals surface area contributed by atoms with Gasteiger partial charge in [-0.3, -0.25) is 4.79 Å². The Morgan fingerprint density at radius 1 is 1.04 bits per heavy atom. The van der Waals surface area contributed by atoms with Crippen molar-refractivity contribution in [2.24, 2.45) is 0 Å². The van der Waals surface area contributed by atoms with Gasteiger partial charge in [-0.05, 0) is 30.3 Å². The van der Waals surface area contributed by atoms with Crippen LogP contribution in [0.15, 0.2) is 59.0 Å². The highest BCUT2D eigenvalue weighted by Crippen LogP contribution is 2.30. The summed E-state index contributed by atoms with van der Waals surface area (Å²) in [5, 5.41) is 2.94. The van der Waals surface area contributed by atoms with Crippen molar-refractivity contribution in [3.05, 3.63) is 65.9 Å². The number of rotatable bonds is 4. The number of benzene rings is 2. The molecule has 3 rings (SSSR count). The van der Waals surface area contributed by atoms with E-state index in [0.29, 0.717) is 11.0 Å². The second kappa shape index (κ2) is 6.91. The molecular formula is C18H12F3NO4. The summed E-state index contributed by atoms with van der Waals surface area (Å²) in [5.74, 6) is -1.69. The predicted molar refractivity (Wildman–Crippen MR) is 86.6 cm³/mol. The van der Waals surface area contributed by atoms with E-state index in [4.69, 9.17) is 9.15 Å². The van der Waals surface area contributed by atoms with Crippen LogP contribution >= 0.6 is 0 Å². The number of alkyl halides is 3. The van der Waals surface area contributed by atoms with Crippen LogP contribution in [-0.4, -0.2) is 18.5 Å². The second-order valence-electron chi connectivity index (χ2n) is 5.35. The molecule has 0 atom stereocenters. The van der Waals surface area contributed by atoms with Crippen LogP contribution in [0.25, 0.3) is 11.0 Å². The van der Waals surface area contributed by atoms with Crippen LogP contribution in [0.2, 0.25) is 0 Å². The van der Waals surface area contributed by atoms with Gasteiger partial charge in [-0.25, -0.2) is 4.79 Å². The average Bonchev–Trinajstić information content (AvgIpc) is 3.03. The fourth-order valence-electron chi connectivity index (χ4n) is 2.26. The zero-order valence-electron chi connectivity index (χ0n) is 13.2. The SMILES string of the molecule is O=C(COC(=O)c1cc2ccccc2o1)Nc1cccc(C(F)(F)F)c1. The maximum atomic E-state index is 12.6. The minimum atomic E-state index is -4.52. The van der Waals surface area contributed by atoms with E-state index in [1.165, 1.54) is 18.2 Å². The monoisotopic (exact) mass is 363 g/mol. The van der Waals surface area contributed by atoms with Crippen molar-refractivity contribution in [1.82, 2.24) is 0 Å². The van der Waals surface area contributed by atoms with E-state index in [2.05, 4.69) is 5.32 Å². The lowest BCUT2D eigenvalue weighted by Crippen LogP contribution is -2.21. The third-order valence-corrected chi connectivity index (χ3v) is 3.43. The number of carbonyl (C=O) groups is 2. The molecule has 0 fully saturated rings. The summed E-state index contributed by atoms with van der Waals surface area (Å²) < 4.78 is 48.1. The largest absolute Gasteiger partial charge is 0.450 e. The van der Waals surface area contributed by atoms with Gasteiger partial charge in [-0.2, -0.15) is 13.2 Å². The van der Waals surface area contributed by atoms with Crippen molar-refractivity contribution in [2.45, 2.75) is 6.18 Å². The summed E-state index contributed by atoms with van der Waals surface area (Å²) in [7, 11) is 0. The summed E-state index contributed by atoms with van der Waals surface area (Å²) in [6, 6.07) is 12.5. The van der Waals surface area contributed by atoms with Crippen LogP contribution in [0, 0.1) is 0 Å². The number of furan rings is 1. The second-order valence-corrected chi connectivity index (χ2v) is 5.35. The van der Waals surface area contributed by atoms with Crippen molar-refractivity contribution in [2.75, 3.05) is 11.9 Å². The maximum Gasteiger partial charge on any atom is 0.416 e. The van der Waals surface area contributed by atoms with Gasteiger partial charge in [0.1, 0.15) is 5.58 Å². The number of fused-ring (bicyclic) bond motifs is 1. The minimum absolute atomic E-state index is 0.0513. The van der Waals surface area contributed by atoms with Crippen LogP contribution in [-0.2, 0) is 15.7 Å². The highest BCUT2D eigenvalue weighted by atomic mass is 19.4. The highest BCUT2D eigenvalue weighted by Gasteiger charge is 2.30. The number of ether oxygens (including phenoxy) is 1. The van der Waals surface area contributed by atoms with Gasteiger partial charge in [0.2, 0.25) is 5.76 Å². The van der Waals surface area contributed by atoms with E-state index < -0.39 is 30.2 Å². The molecule has 8 heteroatoms. The van der Waals surface area contributed by atoms with Crippen molar-refractivity contribution < 1.29 is 31.9 Å². The molecule has 0 saturated heterocycles.